The van der Waals surface area contributed by atoms with Gasteiger partial charge in [-0.2, -0.15) is 0 Å². The van der Waals surface area contributed by atoms with E-state index in [0.29, 0.717) is 0 Å². The molecule has 2 saturated heterocycles. The topological polar surface area (TPSA) is 305 Å². The number of fused-ring (bicyclic) bond motifs is 1. The van der Waals surface area contributed by atoms with Crippen molar-refractivity contribution in [1.82, 2.24) is 9.55 Å². The van der Waals surface area contributed by atoms with Crippen LogP contribution in [0.3, 0.4) is 0 Å². The lowest BCUT2D eigenvalue weighted by atomic mass is 10.0. The van der Waals surface area contributed by atoms with Gasteiger partial charge in [0.1, 0.15) is 42.7 Å². The standard InChI is InChI=1S/C18H26N2O17P2/c21-4-7(22)10(24)12(26)14-6-3-18(6,16(28)36-14)38(30,31)37-39(32,33)34-5-8-11(25)13(27)15(35-8)20-2-1-9(23)19-17(20)29/h1-2,6-8,10-15,21-22,24-27H,3-5H2,(H,30,31)(H,32,33)(H,19,23,29)/t6-,7+,8+,10-,11+,12-,13+,14-,15+,18+/m0/s1. The third kappa shape index (κ3) is 5.31. The van der Waals surface area contributed by atoms with Crippen LogP contribution in [0, 0.1) is 5.92 Å². The Labute approximate surface area is 216 Å². The molecule has 0 bridgehead atoms. The molecule has 1 aliphatic carbocycles. The van der Waals surface area contributed by atoms with E-state index in [9.17, 15) is 58.8 Å². The van der Waals surface area contributed by atoms with Crippen molar-refractivity contribution >= 4 is 21.4 Å². The summed E-state index contributed by atoms with van der Waals surface area (Å²) in [4.78, 5) is 58.0. The number of phosphoric acid groups is 1. The molecule has 9 N–H and O–H groups in total. The Morgan fingerprint density at radius 1 is 1.15 bits per heavy atom. The number of phosphoric ester groups is 1. The van der Waals surface area contributed by atoms with Crippen molar-refractivity contribution < 1.29 is 72.7 Å². The normalized spacial score (nSPS) is 37.3. The Bertz CT molecular complexity index is 1320. The van der Waals surface area contributed by atoms with E-state index in [-0.39, 0.29) is 0 Å². The lowest BCUT2D eigenvalue weighted by Gasteiger charge is -2.26. The van der Waals surface area contributed by atoms with E-state index in [4.69, 9.17) is 14.6 Å². The van der Waals surface area contributed by atoms with Crippen LogP contribution in [0.2, 0.25) is 0 Å². The molecule has 1 aromatic rings. The second-order valence-corrected chi connectivity index (χ2v) is 13.0. The number of aromatic amines is 1. The summed E-state index contributed by atoms with van der Waals surface area (Å²) in [6, 6.07) is 0.930. The van der Waals surface area contributed by atoms with Crippen LogP contribution in [0.25, 0.3) is 0 Å². The molecular formula is C18H26N2O17P2. The van der Waals surface area contributed by atoms with Gasteiger partial charge >= 0.3 is 27.1 Å². The molecule has 0 amide bonds. The average molecular weight is 604 g/mol. The fraction of sp³-hybridized carbons (Fsp3) is 0.722. The summed E-state index contributed by atoms with van der Waals surface area (Å²) in [5.41, 5.74) is -1.75. The van der Waals surface area contributed by atoms with Gasteiger partial charge in [0.25, 0.3) is 5.56 Å². The minimum atomic E-state index is -5.49. The first-order valence-electron chi connectivity index (χ1n) is 11.3. The van der Waals surface area contributed by atoms with Crippen LogP contribution in [0.15, 0.2) is 21.9 Å². The first-order chi connectivity index (χ1) is 18.1. The summed E-state index contributed by atoms with van der Waals surface area (Å²) >= 11 is 0. The lowest BCUT2D eigenvalue weighted by molar-refractivity contribution is -0.159. The number of esters is 1. The molecule has 2 aliphatic heterocycles. The van der Waals surface area contributed by atoms with Gasteiger partial charge in [0.15, 0.2) is 11.4 Å². The Hall–Kier alpha value is -1.83. The molecule has 21 heteroatoms. The summed E-state index contributed by atoms with van der Waals surface area (Å²) in [6.07, 6.45) is -13.6. The minimum Gasteiger partial charge on any atom is -0.458 e. The zero-order valence-electron chi connectivity index (χ0n) is 19.6. The third-order valence-corrected chi connectivity index (χ3v) is 10.7. The molecule has 4 rings (SSSR count). The number of aliphatic hydroxyl groups is 6. The molecule has 1 aromatic heterocycles. The van der Waals surface area contributed by atoms with Crippen LogP contribution in [0.5, 0.6) is 0 Å². The molecule has 12 atom stereocenters. The Balaban J connectivity index is 1.41. The highest BCUT2D eigenvalue weighted by atomic mass is 31.3. The van der Waals surface area contributed by atoms with E-state index in [1.165, 1.54) is 0 Å². The summed E-state index contributed by atoms with van der Waals surface area (Å²) in [5.74, 6) is -2.66. The summed E-state index contributed by atoms with van der Waals surface area (Å²) < 4.78 is 45.3. The molecule has 3 aliphatic rings. The fourth-order valence-corrected chi connectivity index (χ4v) is 8.12. The second kappa shape index (κ2) is 10.5. The van der Waals surface area contributed by atoms with Crippen LogP contribution < -0.4 is 11.2 Å². The van der Waals surface area contributed by atoms with E-state index in [1.807, 2.05) is 4.98 Å². The maximum Gasteiger partial charge on any atom is 0.479 e. The summed E-state index contributed by atoms with van der Waals surface area (Å²) in [6.45, 7) is -1.98. The predicted octanol–water partition coefficient (Wildman–Crippen LogP) is -4.77. The highest BCUT2D eigenvalue weighted by Gasteiger charge is 2.81. The third-order valence-electron chi connectivity index (χ3n) is 6.83. The van der Waals surface area contributed by atoms with E-state index in [0.717, 1.165) is 16.8 Å². The number of carbonyl (C=O) groups is 1. The number of ether oxygens (including phenoxy) is 2. The van der Waals surface area contributed by atoms with Crippen molar-refractivity contribution in [2.45, 2.75) is 60.5 Å². The van der Waals surface area contributed by atoms with Crippen LogP contribution in [-0.2, 0) is 32.2 Å². The van der Waals surface area contributed by atoms with Gasteiger partial charge in [-0.05, 0) is 6.42 Å². The molecule has 0 aromatic carbocycles. The van der Waals surface area contributed by atoms with E-state index in [1.54, 1.807) is 0 Å². The van der Waals surface area contributed by atoms with Crippen LogP contribution in [0.4, 0.5) is 0 Å². The number of hydrogen-bond donors (Lipinski definition) is 9. The van der Waals surface area contributed by atoms with Crippen molar-refractivity contribution in [3.63, 3.8) is 0 Å². The smallest absolute Gasteiger partial charge is 0.458 e. The van der Waals surface area contributed by atoms with E-state index < -0.39 is 112 Å². The molecule has 1 saturated carbocycles. The average Bonchev–Trinajstić information content (AvgIpc) is 3.48. The lowest BCUT2D eigenvalue weighted by Crippen LogP contribution is -2.46. The number of cyclic esters (lactones) is 1. The zero-order valence-corrected chi connectivity index (χ0v) is 21.4. The Morgan fingerprint density at radius 3 is 2.41 bits per heavy atom. The van der Waals surface area contributed by atoms with Crippen LogP contribution in [-0.4, -0.2) is 117 Å². The molecule has 3 fully saturated rings. The summed E-state index contributed by atoms with van der Waals surface area (Å²) in [7, 11) is -10.9. The first kappa shape index (κ1) is 30.1. The molecule has 3 heterocycles. The van der Waals surface area contributed by atoms with Crippen molar-refractivity contribution in [2.75, 3.05) is 13.2 Å². The monoisotopic (exact) mass is 604 g/mol. The van der Waals surface area contributed by atoms with Gasteiger partial charge < -0.3 is 49.9 Å². The number of nitrogens with one attached hydrogen (secondary N) is 1. The van der Waals surface area contributed by atoms with Crippen molar-refractivity contribution in [1.29, 1.82) is 0 Å². The number of aliphatic hydroxyl groups excluding tert-OH is 6. The van der Waals surface area contributed by atoms with Gasteiger partial charge in [0.2, 0.25) is 0 Å². The molecule has 19 nitrogen and oxygen atoms in total. The molecule has 2 unspecified atom stereocenters. The SMILES string of the molecule is O=C1O[C@H]([C@@H](O)[C@@H](O)[C@H](O)CO)[C@@H]2C[C@]12P(=O)(O)OP(=O)(O)OC[C@H]1O[C@@H](n2ccc(=O)[nH]c2=O)[C@H](O)[C@@H]1O. The number of H-pyrrole nitrogens is 1. The molecule has 0 radical (unpaired) electrons. The maximum absolute atomic E-state index is 12.9. The highest BCUT2D eigenvalue weighted by Crippen LogP contribution is 2.79. The Morgan fingerprint density at radius 2 is 1.82 bits per heavy atom. The number of hydrogen-bond acceptors (Lipinski definition) is 15. The van der Waals surface area contributed by atoms with Crippen molar-refractivity contribution in [2.24, 2.45) is 5.92 Å². The van der Waals surface area contributed by atoms with E-state index in [2.05, 4.69) is 8.83 Å². The number of aromatic nitrogens is 2. The first-order valence-corrected chi connectivity index (χ1v) is 14.3. The van der Waals surface area contributed by atoms with E-state index >= 15 is 0 Å². The fourth-order valence-electron chi connectivity index (χ4n) is 4.61. The largest absolute Gasteiger partial charge is 0.479 e. The molecule has 220 valence electrons. The predicted molar refractivity (Wildman–Crippen MR) is 120 cm³/mol. The maximum atomic E-state index is 12.9. The van der Waals surface area contributed by atoms with Gasteiger partial charge in [0.05, 0.1) is 13.2 Å². The van der Waals surface area contributed by atoms with Gasteiger partial charge in [-0.1, -0.05) is 0 Å². The van der Waals surface area contributed by atoms with Gasteiger partial charge in [-0.3, -0.25) is 28.2 Å². The van der Waals surface area contributed by atoms with Crippen molar-refractivity contribution in [3.05, 3.63) is 33.1 Å². The van der Waals surface area contributed by atoms with Gasteiger partial charge in [-0.25, -0.2) is 13.7 Å². The highest BCUT2D eigenvalue weighted by molar-refractivity contribution is 7.66. The minimum absolute atomic E-state index is 0.463. The zero-order chi connectivity index (χ0) is 29.1. The number of carbonyl (C=O) groups excluding carboxylic acids is 1. The quantitative estimate of drug-likeness (QED) is 0.0845. The summed E-state index contributed by atoms with van der Waals surface area (Å²) in [5, 5.41) is 56.5. The molecular weight excluding hydrogens is 578 g/mol. The van der Waals surface area contributed by atoms with Crippen LogP contribution in [0.1, 0.15) is 12.6 Å². The number of nitrogens with zero attached hydrogens (tertiary/aromatic N) is 1. The number of rotatable bonds is 11. The second-order valence-electron chi connectivity index (χ2n) is 9.27. The molecule has 0 spiro atoms. The van der Waals surface area contributed by atoms with Gasteiger partial charge in [-0.15, -0.1) is 0 Å². The van der Waals surface area contributed by atoms with Gasteiger partial charge in [0, 0.05) is 18.2 Å². The van der Waals surface area contributed by atoms with Crippen molar-refractivity contribution in [3.8, 4) is 0 Å². The van der Waals surface area contributed by atoms with Crippen LogP contribution >= 0.6 is 15.4 Å². The molecule has 39 heavy (non-hydrogen) atoms. The Kier molecular flexibility index (Phi) is 8.14.